The lowest BCUT2D eigenvalue weighted by molar-refractivity contribution is 0.121. The fraction of sp³-hybridized carbons (Fsp3) is 0.391. The van der Waals surface area contributed by atoms with Gasteiger partial charge in [-0.15, -0.1) is 0 Å². The summed E-state index contributed by atoms with van der Waals surface area (Å²) in [5.74, 6) is 0.536. The molecule has 0 unspecified atom stereocenters. The molecule has 1 fully saturated rings. The Morgan fingerprint density at radius 2 is 1.94 bits per heavy atom. The lowest BCUT2D eigenvalue weighted by atomic mass is 10.0. The number of fused-ring (bicyclic) bond motifs is 1. The third kappa shape index (κ3) is 4.22. The summed E-state index contributed by atoms with van der Waals surface area (Å²) in [5.41, 5.74) is 2.05. The molecule has 0 amide bonds. The van der Waals surface area contributed by atoms with Gasteiger partial charge in [0.05, 0.1) is 40.7 Å². The van der Waals surface area contributed by atoms with E-state index in [0.29, 0.717) is 48.7 Å². The van der Waals surface area contributed by atoms with Crippen LogP contribution in [-0.2, 0) is 21.6 Å². The highest BCUT2D eigenvalue weighted by atomic mass is 32.2. The first-order valence-electron chi connectivity index (χ1n) is 11.9. The van der Waals surface area contributed by atoms with Crippen LogP contribution in [0.1, 0.15) is 28.2 Å². The standard InChI is InChI=1S/C23H28N4O4S/c1-15-13-17(16(2)24-19-7-5-6-8-20(19)32(4,29)30)21-18(14-15)22(28)26(3)23(25-21)27-9-11-31-12-10-27/h5-8,13-14,16,24H,9-12H2,1-4H3/t16-/m1/s1/i4D3. The second-order valence-electron chi connectivity index (χ2n) is 7.99. The van der Waals surface area contributed by atoms with Crippen LogP contribution in [0.5, 0.6) is 0 Å². The van der Waals surface area contributed by atoms with Gasteiger partial charge in [-0.2, -0.15) is 0 Å². The van der Waals surface area contributed by atoms with Crippen LogP contribution in [0.4, 0.5) is 11.6 Å². The molecule has 32 heavy (non-hydrogen) atoms. The molecule has 1 aliphatic heterocycles. The highest BCUT2D eigenvalue weighted by Crippen LogP contribution is 2.30. The highest BCUT2D eigenvalue weighted by molar-refractivity contribution is 7.90. The summed E-state index contributed by atoms with van der Waals surface area (Å²) < 4.78 is 54.8. The Morgan fingerprint density at radius 1 is 1.22 bits per heavy atom. The van der Waals surface area contributed by atoms with Crippen molar-refractivity contribution in [2.24, 2.45) is 7.05 Å². The monoisotopic (exact) mass is 459 g/mol. The minimum atomic E-state index is -4.57. The number of aromatic nitrogens is 2. The zero-order valence-electron chi connectivity index (χ0n) is 21.3. The van der Waals surface area contributed by atoms with Gasteiger partial charge < -0.3 is 15.0 Å². The van der Waals surface area contributed by atoms with Crippen molar-refractivity contribution in [3.05, 3.63) is 57.9 Å². The van der Waals surface area contributed by atoms with Crippen LogP contribution in [0.2, 0.25) is 0 Å². The zero-order valence-corrected chi connectivity index (χ0v) is 19.1. The highest BCUT2D eigenvalue weighted by Gasteiger charge is 2.22. The zero-order chi connectivity index (χ0) is 25.5. The van der Waals surface area contributed by atoms with Crippen molar-refractivity contribution in [1.29, 1.82) is 0 Å². The van der Waals surface area contributed by atoms with Gasteiger partial charge in [-0.25, -0.2) is 13.4 Å². The lowest BCUT2D eigenvalue weighted by Crippen LogP contribution is -2.40. The fourth-order valence-corrected chi connectivity index (χ4v) is 4.72. The summed E-state index contributed by atoms with van der Waals surface area (Å²) in [7, 11) is -2.88. The molecule has 2 heterocycles. The van der Waals surface area contributed by atoms with Crippen molar-refractivity contribution in [1.82, 2.24) is 9.55 Å². The second-order valence-corrected chi connectivity index (χ2v) is 9.44. The molecule has 1 N–H and O–H groups in total. The van der Waals surface area contributed by atoms with Crippen molar-refractivity contribution in [2.45, 2.75) is 24.8 Å². The average Bonchev–Trinajstić information content (AvgIpc) is 2.81. The Bertz CT molecular complexity index is 1430. The van der Waals surface area contributed by atoms with Crippen molar-refractivity contribution < 1.29 is 17.3 Å². The van der Waals surface area contributed by atoms with Gasteiger partial charge in [-0.3, -0.25) is 9.36 Å². The summed E-state index contributed by atoms with van der Waals surface area (Å²) in [5, 5.41) is 3.60. The molecule has 2 aromatic carbocycles. The maximum absolute atomic E-state index is 13.3. The van der Waals surface area contributed by atoms with Crippen molar-refractivity contribution in [3.8, 4) is 0 Å². The van der Waals surface area contributed by atoms with Crippen LogP contribution < -0.4 is 15.8 Å². The van der Waals surface area contributed by atoms with Gasteiger partial charge in [0.15, 0.2) is 9.84 Å². The number of benzene rings is 2. The van der Waals surface area contributed by atoms with Crippen LogP contribution in [0.25, 0.3) is 10.9 Å². The first-order chi connectivity index (χ1) is 16.4. The summed E-state index contributed by atoms with van der Waals surface area (Å²) in [4.78, 5) is 19.8. The van der Waals surface area contributed by atoms with E-state index in [-0.39, 0.29) is 16.1 Å². The summed E-state index contributed by atoms with van der Waals surface area (Å²) >= 11 is 0. The number of morpholine rings is 1. The normalized spacial score (nSPS) is 17.5. The third-order valence-electron chi connectivity index (χ3n) is 5.64. The number of nitrogens with one attached hydrogen (secondary N) is 1. The molecule has 0 saturated carbocycles. The number of ether oxygens (including phenoxy) is 1. The van der Waals surface area contributed by atoms with Gasteiger partial charge in [-0.05, 0) is 37.6 Å². The first kappa shape index (κ1) is 18.6. The topological polar surface area (TPSA) is 93.5 Å². The minimum Gasteiger partial charge on any atom is -0.378 e. The smallest absolute Gasteiger partial charge is 0.262 e. The predicted molar refractivity (Wildman–Crippen MR) is 126 cm³/mol. The molecule has 1 aliphatic rings. The number of hydrogen-bond acceptors (Lipinski definition) is 7. The lowest BCUT2D eigenvalue weighted by Gasteiger charge is -2.29. The number of para-hydroxylation sites is 1. The second kappa shape index (κ2) is 8.55. The third-order valence-corrected chi connectivity index (χ3v) is 6.57. The van der Waals surface area contributed by atoms with Gasteiger partial charge in [-0.1, -0.05) is 18.2 Å². The van der Waals surface area contributed by atoms with Crippen LogP contribution in [0.3, 0.4) is 0 Å². The minimum absolute atomic E-state index is 0.169. The fourth-order valence-electron chi connectivity index (χ4n) is 4.05. The van der Waals surface area contributed by atoms with Crippen LogP contribution in [-0.4, -0.2) is 50.5 Å². The van der Waals surface area contributed by atoms with E-state index < -0.39 is 22.1 Å². The molecule has 1 aromatic heterocycles. The summed E-state index contributed by atoms with van der Waals surface area (Å²) in [6.07, 6.45) is -3.19. The maximum Gasteiger partial charge on any atom is 0.262 e. The molecule has 8 nitrogen and oxygen atoms in total. The number of sulfone groups is 1. The number of hydrogen-bond donors (Lipinski definition) is 1. The Balaban J connectivity index is 1.83. The largest absolute Gasteiger partial charge is 0.378 e. The average molecular weight is 460 g/mol. The van der Waals surface area contributed by atoms with E-state index in [1.165, 1.54) is 22.8 Å². The molecule has 1 atom stereocenters. The van der Waals surface area contributed by atoms with Gasteiger partial charge >= 0.3 is 0 Å². The molecule has 0 radical (unpaired) electrons. The number of rotatable bonds is 5. The van der Waals surface area contributed by atoms with Crippen molar-refractivity contribution in [2.75, 3.05) is 42.7 Å². The van der Waals surface area contributed by atoms with Crippen LogP contribution in [0.15, 0.2) is 46.1 Å². The molecular weight excluding hydrogens is 428 g/mol. The molecule has 0 bridgehead atoms. The van der Waals surface area contributed by atoms with E-state index in [0.717, 1.165) is 5.56 Å². The Morgan fingerprint density at radius 3 is 2.66 bits per heavy atom. The van der Waals surface area contributed by atoms with Crippen molar-refractivity contribution >= 4 is 32.4 Å². The number of nitrogens with zero attached hydrogens (tertiary/aromatic N) is 3. The Hall–Kier alpha value is -2.91. The quantitative estimate of drug-likeness (QED) is 0.627. The molecule has 3 aromatic rings. The van der Waals surface area contributed by atoms with Crippen molar-refractivity contribution in [3.63, 3.8) is 0 Å². The SMILES string of the molecule is [2H]C([2H])([2H])S(=O)(=O)c1ccccc1N[C@H](C)c1cc(C)cc2c(=O)n(C)c(N3CCOCC3)nc12. The summed E-state index contributed by atoms with van der Waals surface area (Å²) in [6, 6.07) is 9.12. The van der Waals surface area contributed by atoms with Crippen LogP contribution >= 0.6 is 0 Å². The number of anilines is 2. The molecular formula is C23H28N4O4S. The van der Waals surface area contributed by atoms with Crippen LogP contribution in [0, 0.1) is 6.92 Å². The van der Waals surface area contributed by atoms with Gasteiger partial charge in [0.2, 0.25) is 5.95 Å². The van der Waals surface area contributed by atoms with E-state index in [2.05, 4.69) is 5.32 Å². The summed E-state index contributed by atoms with van der Waals surface area (Å²) in [6.45, 7) is 6.00. The van der Waals surface area contributed by atoms with Gasteiger partial charge in [0, 0.05) is 36.0 Å². The molecule has 0 aliphatic carbocycles. The van der Waals surface area contributed by atoms with E-state index >= 15 is 0 Å². The maximum atomic E-state index is 13.3. The molecule has 170 valence electrons. The van der Waals surface area contributed by atoms with Gasteiger partial charge in [0.25, 0.3) is 5.56 Å². The van der Waals surface area contributed by atoms with Gasteiger partial charge in [0.1, 0.15) is 0 Å². The Labute approximate surface area is 192 Å². The molecule has 0 spiro atoms. The molecule has 4 rings (SSSR count). The van der Waals surface area contributed by atoms with E-state index in [9.17, 15) is 13.2 Å². The predicted octanol–water partition coefficient (Wildman–Crippen LogP) is 2.66. The first-order valence-corrected chi connectivity index (χ1v) is 11.8. The number of aryl methyl sites for hydroxylation is 1. The van der Waals surface area contributed by atoms with E-state index in [1.807, 2.05) is 24.8 Å². The molecule has 1 saturated heterocycles. The molecule has 9 heteroatoms. The van der Waals surface area contributed by atoms with E-state index in [1.54, 1.807) is 19.2 Å². The van der Waals surface area contributed by atoms with E-state index in [4.69, 9.17) is 13.8 Å². The Kier molecular flexibility index (Phi) is 4.98.